The molecule has 0 saturated carbocycles. The summed E-state index contributed by atoms with van der Waals surface area (Å²) in [6.07, 6.45) is 0.105. The van der Waals surface area contributed by atoms with Crippen LogP contribution in [0, 0.1) is 6.92 Å². The molecule has 110 valence electrons. The first-order valence-corrected chi connectivity index (χ1v) is 9.15. The summed E-state index contributed by atoms with van der Waals surface area (Å²) in [5.74, 6) is -0.519. The SMILES string of the molecule is Cc1ccc(S(=O)(=O)N[C@@]2(C)C[C@@H](CI)OC2=O)cc1. The van der Waals surface area contributed by atoms with Crippen LogP contribution in [-0.4, -0.2) is 30.5 Å². The first-order valence-electron chi connectivity index (χ1n) is 6.14. The maximum atomic E-state index is 12.3. The standard InChI is InChI=1S/C13H16INO4S/c1-9-3-5-11(6-4-9)20(17,18)15-13(2)7-10(8-14)19-12(13)16/h3-6,10,15H,7-8H2,1-2H3/t10-,13-/m0/s1. The lowest BCUT2D eigenvalue weighted by Gasteiger charge is -2.20. The van der Waals surface area contributed by atoms with E-state index in [1.165, 1.54) is 12.1 Å². The van der Waals surface area contributed by atoms with E-state index in [0.717, 1.165) is 5.56 Å². The summed E-state index contributed by atoms with van der Waals surface area (Å²) in [7, 11) is -3.74. The average molecular weight is 409 g/mol. The molecule has 1 aliphatic heterocycles. The van der Waals surface area contributed by atoms with Gasteiger partial charge in [0.2, 0.25) is 10.0 Å². The molecule has 0 radical (unpaired) electrons. The van der Waals surface area contributed by atoms with E-state index in [4.69, 9.17) is 4.74 Å². The number of benzene rings is 1. The van der Waals surface area contributed by atoms with Crippen LogP contribution in [-0.2, 0) is 19.6 Å². The Morgan fingerprint density at radius 2 is 2.00 bits per heavy atom. The molecule has 1 N–H and O–H groups in total. The monoisotopic (exact) mass is 409 g/mol. The number of halogens is 1. The molecule has 0 bridgehead atoms. The highest BCUT2D eigenvalue weighted by Crippen LogP contribution is 2.28. The Morgan fingerprint density at radius 3 is 2.50 bits per heavy atom. The Hall–Kier alpha value is -0.670. The zero-order valence-electron chi connectivity index (χ0n) is 11.2. The van der Waals surface area contributed by atoms with Crippen LogP contribution >= 0.6 is 22.6 Å². The molecule has 2 atom stereocenters. The van der Waals surface area contributed by atoms with Crippen LogP contribution in [0.3, 0.4) is 0 Å². The highest BCUT2D eigenvalue weighted by Gasteiger charge is 2.47. The molecule has 20 heavy (non-hydrogen) atoms. The van der Waals surface area contributed by atoms with Gasteiger partial charge in [0.25, 0.3) is 0 Å². The highest BCUT2D eigenvalue weighted by atomic mass is 127. The first-order chi connectivity index (χ1) is 9.27. The predicted molar refractivity (Wildman–Crippen MR) is 83.3 cm³/mol. The summed E-state index contributed by atoms with van der Waals surface area (Å²) in [4.78, 5) is 12.0. The number of ether oxygens (including phenoxy) is 1. The van der Waals surface area contributed by atoms with Gasteiger partial charge in [0.05, 0.1) is 4.90 Å². The Labute approximate surface area is 132 Å². The van der Waals surface area contributed by atoms with Gasteiger partial charge in [-0.2, -0.15) is 4.72 Å². The van der Waals surface area contributed by atoms with Gasteiger partial charge in [-0.15, -0.1) is 0 Å². The largest absolute Gasteiger partial charge is 0.460 e. The molecule has 1 aliphatic rings. The van der Waals surface area contributed by atoms with Crippen molar-refractivity contribution in [1.29, 1.82) is 0 Å². The predicted octanol–water partition coefficient (Wildman–Crippen LogP) is 1.78. The molecule has 0 unspecified atom stereocenters. The van der Waals surface area contributed by atoms with Crippen molar-refractivity contribution in [2.45, 2.75) is 36.8 Å². The molecule has 0 amide bonds. The number of carbonyl (C=O) groups is 1. The van der Waals surface area contributed by atoms with Gasteiger partial charge >= 0.3 is 5.97 Å². The maximum Gasteiger partial charge on any atom is 0.327 e. The number of carbonyl (C=O) groups excluding carboxylic acids is 1. The third-order valence-electron chi connectivity index (χ3n) is 3.22. The number of hydrogen-bond acceptors (Lipinski definition) is 4. The van der Waals surface area contributed by atoms with Crippen LogP contribution in [0.15, 0.2) is 29.2 Å². The second kappa shape index (κ2) is 5.61. The molecule has 2 rings (SSSR count). The number of nitrogens with one attached hydrogen (secondary N) is 1. The molecule has 1 saturated heterocycles. The van der Waals surface area contributed by atoms with E-state index in [1.54, 1.807) is 19.1 Å². The van der Waals surface area contributed by atoms with E-state index < -0.39 is 21.5 Å². The van der Waals surface area contributed by atoms with Gasteiger partial charge in [-0.25, -0.2) is 8.42 Å². The molecule has 0 aliphatic carbocycles. The number of esters is 1. The number of aryl methyl sites for hydroxylation is 1. The Morgan fingerprint density at radius 1 is 1.40 bits per heavy atom. The summed E-state index contributed by atoms with van der Waals surface area (Å²) >= 11 is 2.11. The van der Waals surface area contributed by atoms with Crippen molar-refractivity contribution < 1.29 is 17.9 Å². The van der Waals surface area contributed by atoms with Gasteiger partial charge in [-0.3, -0.25) is 4.79 Å². The van der Waals surface area contributed by atoms with Crippen molar-refractivity contribution in [2.24, 2.45) is 0 Å². The van der Waals surface area contributed by atoms with Crippen molar-refractivity contribution in [3.05, 3.63) is 29.8 Å². The number of sulfonamides is 1. The normalized spacial score (nSPS) is 26.6. The van der Waals surface area contributed by atoms with E-state index in [9.17, 15) is 13.2 Å². The fraction of sp³-hybridized carbons (Fsp3) is 0.462. The van der Waals surface area contributed by atoms with Crippen LogP contribution in [0.1, 0.15) is 18.9 Å². The van der Waals surface area contributed by atoms with Crippen LogP contribution in [0.25, 0.3) is 0 Å². The third-order valence-corrected chi connectivity index (χ3v) is 5.82. The van der Waals surface area contributed by atoms with Gasteiger partial charge in [0, 0.05) is 10.8 Å². The molecule has 1 heterocycles. The van der Waals surface area contributed by atoms with Crippen molar-refractivity contribution >= 4 is 38.6 Å². The van der Waals surface area contributed by atoms with Gasteiger partial charge in [-0.1, -0.05) is 40.3 Å². The Bertz CT molecular complexity index is 614. The Kier molecular flexibility index (Phi) is 4.41. The first kappa shape index (κ1) is 15.7. The lowest BCUT2D eigenvalue weighted by atomic mass is 10.0. The van der Waals surface area contributed by atoms with Crippen LogP contribution in [0.4, 0.5) is 0 Å². The lowest BCUT2D eigenvalue weighted by molar-refractivity contribution is -0.144. The van der Waals surface area contributed by atoms with Gasteiger partial charge in [0.15, 0.2) is 0 Å². The second-order valence-electron chi connectivity index (χ2n) is 5.14. The number of cyclic esters (lactones) is 1. The van der Waals surface area contributed by atoms with E-state index >= 15 is 0 Å². The molecular weight excluding hydrogens is 393 g/mol. The van der Waals surface area contributed by atoms with Crippen LogP contribution in [0.2, 0.25) is 0 Å². The molecule has 5 nitrogen and oxygen atoms in total. The van der Waals surface area contributed by atoms with E-state index in [2.05, 4.69) is 27.3 Å². The smallest absolute Gasteiger partial charge is 0.327 e. The third kappa shape index (κ3) is 3.15. The molecular formula is C13H16INO4S. The molecule has 0 aromatic heterocycles. The molecule has 0 spiro atoms. The van der Waals surface area contributed by atoms with E-state index in [-0.39, 0.29) is 11.0 Å². The minimum atomic E-state index is -3.74. The van der Waals surface area contributed by atoms with Crippen LogP contribution < -0.4 is 4.72 Å². The lowest BCUT2D eigenvalue weighted by Crippen LogP contribution is -2.49. The van der Waals surface area contributed by atoms with E-state index in [0.29, 0.717) is 10.8 Å². The summed E-state index contributed by atoms with van der Waals surface area (Å²) in [6.45, 7) is 3.44. The summed E-state index contributed by atoms with van der Waals surface area (Å²) in [5, 5.41) is 0. The van der Waals surface area contributed by atoms with Crippen molar-refractivity contribution in [3.63, 3.8) is 0 Å². The highest BCUT2D eigenvalue weighted by molar-refractivity contribution is 14.1. The summed E-state index contributed by atoms with van der Waals surface area (Å²) < 4.78 is 32.9. The van der Waals surface area contributed by atoms with Gasteiger partial charge in [0.1, 0.15) is 11.6 Å². The molecule has 7 heteroatoms. The fourth-order valence-corrected chi connectivity index (χ4v) is 3.97. The fourth-order valence-electron chi connectivity index (χ4n) is 2.10. The molecule has 1 fully saturated rings. The van der Waals surface area contributed by atoms with Crippen molar-refractivity contribution in [2.75, 3.05) is 4.43 Å². The van der Waals surface area contributed by atoms with Crippen LogP contribution in [0.5, 0.6) is 0 Å². The molecule has 1 aromatic rings. The van der Waals surface area contributed by atoms with Gasteiger partial charge < -0.3 is 4.74 Å². The minimum absolute atomic E-state index is 0.148. The summed E-state index contributed by atoms with van der Waals surface area (Å²) in [6, 6.07) is 6.49. The number of alkyl halides is 1. The zero-order valence-corrected chi connectivity index (χ0v) is 14.2. The van der Waals surface area contributed by atoms with Crippen molar-refractivity contribution in [1.82, 2.24) is 4.72 Å². The number of hydrogen-bond donors (Lipinski definition) is 1. The second-order valence-corrected chi connectivity index (χ2v) is 7.70. The average Bonchev–Trinajstić information content (AvgIpc) is 2.64. The summed E-state index contributed by atoms with van der Waals surface area (Å²) in [5.41, 5.74) is -0.222. The molecule has 1 aromatic carbocycles. The maximum absolute atomic E-state index is 12.3. The topological polar surface area (TPSA) is 72.5 Å². The van der Waals surface area contributed by atoms with Gasteiger partial charge in [-0.05, 0) is 26.0 Å². The van der Waals surface area contributed by atoms with Crippen molar-refractivity contribution in [3.8, 4) is 0 Å². The number of rotatable bonds is 4. The zero-order chi connectivity index (χ0) is 15.0. The quantitative estimate of drug-likeness (QED) is 0.468. The Balaban J connectivity index is 2.24. The minimum Gasteiger partial charge on any atom is -0.460 e. The van der Waals surface area contributed by atoms with E-state index in [1.807, 2.05) is 6.92 Å².